The van der Waals surface area contributed by atoms with Crippen LogP contribution in [0.5, 0.6) is 0 Å². The zero-order valence-corrected chi connectivity index (χ0v) is 57.1. The molecule has 2 atom stereocenters. The lowest BCUT2D eigenvalue weighted by Crippen LogP contribution is -2.37. The van der Waals surface area contributed by atoms with Gasteiger partial charge >= 0.3 is 11.9 Å². The first kappa shape index (κ1) is 82.4. The first-order valence-corrected chi connectivity index (χ1v) is 36.7. The van der Waals surface area contributed by atoms with Crippen LogP contribution in [0.2, 0.25) is 0 Å². The summed E-state index contributed by atoms with van der Waals surface area (Å²) in [5.41, 5.74) is 0. The largest absolute Gasteiger partial charge is 0.756 e. The molecule has 0 fully saturated rings. The van der Waals surface area contributed by atoms with Gasteiger partial charge in [-0.25, -0.2) is 0 Å². The van der Waals surface area contributed by atoms with Crippen LogP contribution in [0.25, 0.3) is 0 Å². The SMILES string of the molecule is CC/C=C\C/C=C\C/C=C\C/C=C\C/C=C\C/C=C\C/C=C\C/C=C\C/C=C\C/C=C\CCCCCCCCCCCCC(=O)OC(COC(=O)CCCCCCCCCCCCCCCCCCCCCCC)COP(=O)([O-])OCC[N+](C)(C)C. The second-order valence-electron chi connectivity index (χ2n) is 24.5. The number of allylic oxidation sites excluding steroid dienone is 20. The number of phosphoric ester groups is 1. The third-order valence-electron chi connectivity index (χ3n) is 15.0. The number of nitrogens with zero attached hydrogens (tertiary/aromatic N) is 1. The van der Waals surface area contributed by atoms with E-state index in [4.69, 9.17) is 18.5 Å². The summed E-state index contributed by atoms with van der Waals surface area (Å²) < 4.78 is 34.3. The van der Waals surface area contributed by atoms with Crippen molar-refractivity contribution in [2.24, 2.45) is 0 Å². The van der Waals surface area contributed by atoms with Gasteiger partial charge in [0.15, 0.2) is 6.10 Å². The van der Waals surface area contributed by atoms with E-state index in [0.29, 0.717) is 17.4 Å². The van der Waals surface area contributed by atoms with E-state index in [0.717, 1.165) is 109 Å². The molecule has 494 valence electrons. The average molecular weight is 1220 g/mol. The van der Waals surface area contributed by atoms with Gasteiger partial charge in [0.05, 0.1) is 27.7 Å². The van der Waals surface area contributed by atoms with Crippen LogP contribution in [0, 0.1) is 0 Å². The Morgan fingerprint density at radius 3 is 0.988 bits per heavy atom. The zero-order valence-electron chi connectivity index (χ0n) is 56.2. The molecular formula is C76H132NO8P. The van der Waals surface area contributed by atoms with Crippen molar-refractivity contribution in [3.8, 4) is 0 Å². The van der Waals surface area contributed by atoms with Gasteiger partial charge in [-0.15, -0.1) is 0 Å². The Bertz CT molecular complexity index is 1870. The van der Waals surface area contributed by atoms with E-state index < -0.39 is 26.5 Å². The van der Waals surface area contributed by atoms with Crippen molar-refractivity contribution >= 4 is 19.8 Å². The number of ether oxygens (including phenoxy) is 2. The summed E-state index contributed by atoms with van der Waals surface area (Å²) in [4.78, 5) is 38.0. The van der Waals surface area contributed by atoms with Crippen molar-refractivity contribution in [2.45, 2.75) is 302 Å². The van der Waals surface area contributed by atoms with E-state index in [-0.39, 0.29) is 32.0 Å². The topological polar surface area (TPSA) is 111 Å². The number of phosphoric acid groups is 1. The molecule has 0 aromatic heterocycles. The third kappa shape index (κ3) is 69.5. The predicted octanol–water partition coefficient (Wildman–Crippen LogP) is 22.4. The summed E-state index contributed by atoms with van der Waals surface area (Å²) in [7, 11) is 1.16. The third-order valence-corrected chi connectivity index (χ3v) is 16.0. The fourth-order valence-corrected chi connectivity index (χ4v) is 10.4. The first-order chi connectivity index (χ1) is 42.0. The molecule has 0 saturated heterocycles. The maximum atomic E-state index is 12.9. The fourth-order valence-electron chi connectivity index (χ4n) is 9.63. The molecule has 10 heteroatoms. The number of quaternary nitrogens is 1. The fraction of sp³-hybridized carbons (Fsp3) is 0.711. The normalized spacial score (nSPS) is 13.9. The monoisotopic (exact) mass is 1220 g/mol. The molecule has 0 aliphatic rings. The lowest BCUT2D eigenvalue weighted by atomic mass is 10.0. The summed E-state index contributed by atoms with van der Waals surface area (Å²) in [6.07, 6.45) is 94.2. The molecule has 0 aromatic carbocycles. The Balaban J connectivity index is 4.07. The first-order valence-electron chi connectivity index (χ1n) is 35.2. The lowest BCUT2D eigenvalue weighted by molar-refractivity contribution is -0.870. The van der Waals surface area contributed by atoms with Gasteiger partial charge < -0.3 is 27.9 Å². The van der Waals surface area contributed by atoms with Gasteiger partial charge in [-0.1, -0.05) is 315 Å². The molecular weight excluding hydrogens is 1090 g/mol. The molecule has 0 aliphatic heterocycles. The Kier molecular flexibility index (Phi) is 63.1. The molecule has 0 amide bonds. The molecule has 0 spiro atoms. The van der Waals surface area contributed by atoms with Crippen molar-refractivity contribution in [1.29, 1.82) is 0 Å². The smallest absolute Gasteiger partial charge is 0.306 e. The van der Waals surface area contributed by atoms with Crippen LogP contribution in [0.3, 0.4) is 0 Å². The molecule has 0 radical (unpaired) electrons. The molecule has 0 bridgehead atoms. The molecule has 0 rings (SSSR count). The van der Waals surface area contributed by atoms with Crippen LogP contribution in [0.4, 0.5) is 0 Å². The minimum Gasteiger partial charge on any atom is -0.756 e. The minimum atomic E-state index is -4.65. The molecule has 86 heavy (non-hydrogen) atoms. The molecule has 2 unspecified atom stereocenters. The Hall–Kier alpha value is -3.59. The molecule has 9 nitrogen and oxygen atoms in total. The summed E-state index contributed by atoms with van der Waals surface area (Å²) in [5, 5.41) is 0. The summed E-state index contributed by atoms with van der Waals surface area (Å²) in [5.74, 6) is -0.832. The molecule has 0 saturated carbocycles. The van der Waals surface area contributed by atoms with Crippen LogP contribution in [0.1, 0.15) is 296 Å². The number of likely N-dealkylation sites (N-methyl/N-ethyl adjacent to an activating group) is 1. The number of esters is 2. The van der Waals surface area contributed by atoms with Crippen LogP contribution in [-0.4, -0.2) is 70.0 Å². The number of hydrogen-bond acceptors (Lipinski definition) is 8. The van der Waals surface area contributed by atoms with Crippen molar-refractivity contribution in [3.63, 3.8) is 0 Å². The van der Waals surface area contributed by atoms with Crippen molar-refractivity contribution in [3.05, 3.63) is 122 Å². The van der Waals surface area contributed by atoms with Gasteiger partial charge in [0.25, 0.3) is 7.82 Å². The highest BCUT2D eigenvalue weighted by Crippen LogP contribution is 2.38. The van der Waals surface area contributed by atoms with Gasteiger partial charge in [0.1, 0.15) is 19.8 Å². The van der Waals surface area contributed by atoms with Crippen molar-refractivity contribution < 1.29 is 42.1 Å². The van der Waals surface area contributed by atoms with Gasteiger partial charge in [-0.3, -0.25) is 14.2 Å². The van der Waals surface area contributed by atoms with Gasteiger partial charge in [-0.05, 0) is 89.9 Å². The summed E-state index contributed by atoms with van der Waals surface area (Å²) >= 11 is 0. The van der Waals surface area contributed by atoms with E-state index in [9.17, 15) is 19.0 Å². The highest BCUT2D eigenvalue weighted by atomic mass is 31.2. The number of rotatable bonds is 64. The van der Waals surface area contributed by atoms with Gasteiger partial charge in [-0.2, -0.15) is 0 Å². The number of unbranched alkanes of at least 4 members (excludes halogenated alkanes) is 30. The Morgan fingerprint density at radius 1 is 0.372 bits per heavy atom. The number of carbonyl (C=O) groups is 2. The second-order valence-corrected chi connectivity index (χ2v) is 25.9. The standard InChI is InChI=1S/C76H132NO8P/c1-6-8-10-12-14-16-18-20-22-24-26-28-29-30-31-32-33-34-35-36-37-38-39-40-41-42-43-44-45-46-47-49-51-53-55-57-59-61-63-65-67-69-76(79)85-74(73-84-86(80,81)83-71-70-77(3,4)5)72-82-75(78)68-66-64-62-60-58-56-54-52-50-48-27-25-23-21-19-17-15-13-11-9-7-2/h8,10,14,16,20,22,26,28,30-31,33-34,36-37,39-40,42-43,45-46,74H,6-7,9,11-13,15,17-19,21,23-25,27,29,32,35,38,41,44,47-73H2,1-5H3/b10-8-,16-14-,22-20-,28-26-,31-30-,34-33-,37-36-,40-39-,43-42-,46-45-. The lowest BCUT2D eigenvalue weighted by Gasteiger charge is -2.28. The zero-order chi connectivity index (χ0) is 62.6. The molecule has 0 heterocycles. The number of hydrogen-bond donors (Lipinski definition) is 0. The van der Waals surface area contributed by atoms with Gasteiger partial charge in [0.2, 0.25) is 0 Å². The van der Waals surface area contributed by atoms with Crippen molar-refractivity contribution in [1.82, 2.24) is 0 Å². The molecule has 0 aromatic rings. The quantitative estimate of drug-likeness (QED) is 0.0195. The summed E-state index contributed by atoms with van der Waals surface area (Å²) in [6.45, 7) is 4.15. The predicted molar refractivity (Wildman–Crippen MR) is 369 cm³/mol. The van der Waals surface area contributed by atoms with E-state index >= 15 is 0 Å². The Morgan fingerprint density at radius 2 is 0.663 bits per heavy atom. The van der Waals surface area contributed by atoms with Gasteiger partial charge in [0, 0.05) is 12.8 Å². The molecule has 0 N–H and O–H groups in total. The van der Waals surface area contributed by atoms with Crippen molar-refractivity contribution in [2.75, 3.05) is 47.5 Å². The van der Waals surface area contributed by atoms with Crippen LogP contribution in [-0.2, 0) is 32.7 Å². The van der Waals surface area contributed by atoms with E-state index in [2.05, 4.69) is 135 Å². The molecule has 0 aliphatic carbocycles. The highest BCUT2D eigenvalue weighted by Gasteiger charge is 2.22. The van der Waals surface area contributed by atoms with Crippen LogP contribution < -0.4 is 4.89 Å². The number of carbonyl (C=O) groups excluding carboxylic acids is 2. The van der Waals surface area contributed by atoms with E-state index in [1.807, 2.05) is 21.1 Å². The van der Waals surface area contributed by atoms with E-state index in [1.165, 1.54) is 154 Å². The highest BCUT2D eigenvalue weighted by molar-refractivity contribution is 7.45. The maximum absolute atomic E-state index is 12.9. The minimum absolute atomic E-state index is 0.0348. The maximum Gasteiger partial charge on any atom is 0.306 e. The average Bonchev–Trinajstić information content (AvgIpc) is 3.70. The van der Waals surface area contributed by atoms with Crippen LogP contribution >= 0.6 is 7.82 Å². The van der Waals surface area contributed by atoms with Crippen LogP contribution in [0.15, 0.2) is 122 Å². The second kappa shape index (κ2) is 65.8. The van der Waals surface area contributed by atoms with E-state index in [1.54, 1.807) is 0 Å². The Labute approximate surface area is 530 Å². The summed E-state index contributed by atoms with van der Waals surface area (Å²) in [6, 6.07) is 0.